The van der Waals surface area contributed by atoms with Crippen molar-refractivity contribution in [2.45, 2.75) is 13.5 Å². The Morgan fingerprint density at radius 3 is 2.26 bits per heavy atom. The lowest BCUT2D eigenvalue weighted by atomic mass is 10.1. The van der Waals surface area contributed by atoms with Gasteiger partial charge in [-0.25, -0.2) is 0 Å². The Labute approximate surface area is 221 Å². The first-order valence-corrected chi connectivity index (χ1v) is 12.4. The average molecular weight is 499 g/mol. The van der Waals surface area contributed by atoms with Gasteiger partial charge in [0.1, 0.15) is 18.2 Å². The second kappa shape index (κ2) is 11.3. The van der Waals surface area contributed by atoms with Gasteiger partial charge in [0.2, 0.25) is 0 Å². The molecule has 0 bridgehead atoms. The minimum absolute atomic E-state index is 0.00944. The van der Waals surface area contributed by atoms with E-state index in [1.165, 1.54) is 0 Å². The molecule has 5 nitrogen and oxygen atoms in total. The first-order chi connectivity index (χ1) is 18.7. The highest BCUT2D eigenvalue weighted by Crippen LogP contribution is 2.31. The SMILES string of the molecule is CCOc1cc(/C=C(\C#N)C(=O)Nc2cccc3ccccc23)ccc1OCc1cccc2ccccc12. The van der Waals surface area contributed by atoms with Crippen molar-refractivity contribution in [3.8, 4) is 17.6 Å². The fourth-order valence-electron chi connectivity index (χ4n) is 4.42. The molecular formula is C33H26N2O3. The van der Waals surface area contributed by atoms with Gasteiger partial charge in [-0.15, -0.1) is 0 Å². The van der Waals surface area contributed by atoms with Crippen molar-refractivity contribution in [2.75, 3.05) is 11.9 Å². The van der Waals surface area contributed by atoms with Crippen LogP contribution in [0.3, 0.4) is 0 Å². The number of nitrogens with one attached hydrogen (secondary N) is 1. The Morgan fingerprint density at radius 2 is 1.50 bits per heavy atom. The normalized spacial score (nSPS) is 11.2. The molecule has 5 heteroatoms. The van der Waals surface area contributed by atoms with Gasteiger partial charge in [-0.3, -0.25) is 4.79 Å². The third-order valence-electron chi connectivity index (χ3n) is 6.24. The Kier molecular flexibility index (Phi) is 7.33. The molecule has 0 aromatic heterocycles. The second-order valence-corrected chi connectivity index (χ2v) is 8.72. The summed E-state index contributed by atoms with van der Waals surface area (Å²) in [4.78, 5) is 13.0. The zero-order chi connectivity index (χ0) is 26.3. The zero-order valence-electron chi connectivity index (χ0n) is 21.0. The van der Waals surface area contributed by atoms with Gasteiger partial charge < -0.3 is 14.8 Å². The molecule has 38 heavy (non-hydrogen) atoms. The van der Waals surface area contributed by atoms with Gasteiger partial charge >= 0.3 is 0 Å². The minimum Gasteiger partial charge on any atom is -0.490 e. The van der Waals surface area contributed by atoms with Gasteiger partial charge in [-0.2, -0.15) is 5.26 Å². The maximum absolute atomic E-state index is 13.0. The predicted molar refractivity (Wildman–Crippen MR) is 152 cm³/mol. The maximum atomic E-state index is 13.0. The summed E-state index contributed by atoms with van der Waals surface area (Å²) in [5.41, 5.74) is 2.38. The van der Waals surface area contributed by atoms with Crippen LogP contribution in [0.5, 0.6) is 11.5 Å². The van der Waals surface area contributed by atoms with Crippen LogP contribution in [0.1, 0.15) is 18.1 Å². The summed E-state index contributed by atoms with van der Waals surface area (Å²) in [5.74, 6) is 0.669. The number of carbonyl (C=O) groups is 1. The number of hydrogen-bond donors (Lipinski definition) is 1. The molecule has 1 amide bonds. The number of carbonyl (C=O) groups excluding carboxylic acids is 1. The van der Waals surface area contributed by atoms with E-state index in [4.69, 9.17) is 9.47 Å². The smallest absolute Gasteiger partial charge is 0.266 e. The van der Waals surface area contributed by atoms with Crippen LogP contribution in [0.15, 0.2) is 109 Å². The lowest BCUT2D eigenvalue weighted by Gasteiger charge is -2.14. The zero-order valence-corrected chi connectivity index (χ0v) is 21.0. The molecule has 0 saturated heterocycles. The molecule has 0 aliphatic heterocycles. The van der Waals surface area contributed by atoms with Crippen molar-refractivity contribution in [2.24, 2.45) is 0 Å². The van der Waals surface area contributed by atoms with E-state index in [1.807, 2.05) is 85.8 Å². The molecule has 0 unspecified atom stereocenters. The van der Waals surface area contributed by atoms with E-state index in [0.29, 0.717) is 36.0 Å². The number of rotatable bonds is 8. The standard InChI is InChI=1S/C33H26N2O3/c1-2-37-32-20-23(17-18-31(32)38-22-26-13-7-11-24-9-3-5-14-28(24)26)19-27(21-34)33(36)35-30-16-8-12-25-10-4-6-15-29(25)30/h3-20H,2,22H2,1H3,(H,35,36)/b27-19+. The van der Waals surface area contributed by atoms with Crippen molar-refractivity contribution in [1.29, 1.82) is 5.26 Å². The molecule has 0 spiro atoms. The van der Waals surface area contributed by atoms with Gasteiger partial charge in [-0.1, -0.05) is 84.9 Å². The number of fused-ring (bicyclic) bond motifs is 2. The van der Waals surface area contributed by atoms with Gasteiger partial charge in [0.25, 0.3) is 5.91 Å². The Hall–Kier alpha value is -5.08. The van der Waals surface area contributed by atoms with Gasteiger partial charge in [0.15, 0.2) is 11.5 Å². The van der Waals surface area contributed by atoms with E-state index < -0.39 is 5.91 Å². The number of amides is 1. The van der Waals surface area contributed by atoms with Crippen LogP contribution in [0.25, 0.3) is 27.6 Å². The Morgan fingerprint density at radius 1 is 0.816 bits per heavy atom. The third-order valence-corrected chi connectivity index (χ3v) is 6.24. The van der Waals surface area contributed by atoms with E-state index >= 15 is 0 Å². The molecule has 0 aliphatic carbocycles. The summed E-state index contributed by atoms with van der Waals surface area (Å²) < 4.78 is 12.0. The Balaban J connectivity index is 1.37. The van der Waals surface area contributed by atoms with Gasteiger partial charge in [0.05, 0.1) is 6.61 Å². The van der Waals surface area contributed by atoms with Crippen molar-refractivity contribution < 1.29 is 14.3 Å². The second-order valence-electron chi connectivity index (χ2n) is 8.72. The third kappa shape index (κ3) is 5.35. The molecule has 0 heterocycles. The summed E-state index contributed by atoms with van der Waals surface area (Å²) in [7, 11) is 0. The summed E-state index contributed by atoms with van der Waals surface area (Å²) in [6.07, 6.45) is 1.55. The molecule has 0 radical (unpaired) electrons. The van der Waals surface area contributed by atoms with E-state index in [-0.39, 0.29) is 5.57 Å². The first-order valence-electron chi connectivity index (χ1n) is 12.4. The molecule has 0 fully saturated rings. The molecule has 0 saturated carbocycles. The summed E-state index contributed by atoms with van der Waals surface area (Å²) in [6, 6.07) is 35.2. The summed E-state index contributed by atoms with van der Waals surface area (Å²) in [5, 5.41) is 16.8. The number of benzene rings is 5. The van der Waals surface area contributed by atoms with Crippen LogP contribution in [0, 0.1) is 11.3 Å². The van der Waals surface area contributed by atoms with Crippen molar-refractivity contribution in [3.05, 3.63) is 120 Å². The van der Waals surface area contributed by atoms with Crippen molar-refractivity contribution in [3.63, 3.8) is 0 Å². The highest BCUT2D eigenvalue weighted by Gasteiger charge is 2.13. The number of nitrogens with zero attached hydrogens (tertiary/aromatic N) is 1. The van der Waals surface area contributed by atoms with E-state index in [2.05, 4.69) is 23.5 Å². The molecule has 5 aromatic carbocycles. The first kappa shape index (κ1) is 24.6. The van der Waals surface area contributed by atoms with Gasteiger partial charge in [-0.05, 0) is 58.5 Å². The van der Waals surface area contributed by atoms with Crippen LogP contribution in [0.4, 0.5) is 5.69 Å². The highest BCUT2D eigenvalue weighted by molar-refractivity contribution is 6.13. The van der Waals surface area contributed by atoms with Gasteiger partial charge in [0, 0.05) is 11.1 Å². The Bertz CT molecular complexity index is 1690. The average Bonchev–Trinajstić information content (AvgIpc) is 2.95. The monoisotopic (exact) mass is 498 g/mol. The number of anilines is 1. The topological polar surface area (TPSA) is 71.3 Å². The number of hydrogen-bond acceptors (Lipinski definition) is 4. The van der Waals surface area contributed by atoms with Crippen LogP contribution in [-0.4, -0.2) is 12.5 Å². The van der Waals surface area contributed by atoms with Crippen LogP contribution < -0.4 is 14.8 Å². The largest absolute Gasteiger partial charge is 0.490 e. The van der Waals surface area contributed by atoms with Crippen molar-refractivity contribution in [1.82, 2.24) is 0 Å². The maximum Gasteiger partial charge on any atom is 0.266 e. The number of ether oxygens (including phenoxy) is 2. The van der Waals surface area contributed by atoms with Crippen molar-refractivity contribution >= 4 is 39.2 Å². The van der Waals surface area contributed by atoms with E-state index in [1.54, 1.807) is 18.2 Å². The summed E-state index contributed by atoms with van der Waals surface area (Å²) >= 11 is 0. The van der Waals surface area contributed by atoms with E-state index in [9.17, 15) is 10.1 Å². The molecular weight excluding hydrogens is 472 g/mol. The highest BCUT2D eigenvalue weighted by atomic mass is 16.5. The quantitative estimate of drug-likeness (QED) is 0.177. The fraction of sp³-hybridized carbons (Fsp3) is 0.0909. The molecule has 186 valence electrons. The predicted octanol–water partition coefficient (Wildman–Crippen LogP) is 7.52. The minimum atomic E-state index is -0.474. The number of nitriles is 1. The fourth-order valence-corrected chi connectivity index (χ4v) is 4.42. The van der Waals surface area contributed by atoms with Crippen LogP contribution >= 0.6 is 0 Å². The lowest BCUT2D eigenvalue weighted by molar-refractivity contribution is -0.112. The summed E-state index contributed by atoms with van der Waals surface area (Å²) in [6.45, 7) is 2.73. The molecule has 5 rings (SSSR count). The molecule has 5 aromatic rings. The molecule has 1 N–H and O–H groups in total. The van der Waals surface area contributed by atoms with Crippen LogP contribution in [0.2, 0.25) is 0 Å². The molecule has 0 atom stereocenters. The van der Waals surface area contributed by atoms with Crippen LogP contribution in [-0.2, 0) is 11.4 Å². The molecule has 0 aliphatic rings. The lowest BCUT2D eigenvalue weighted by Crippen LogP contribution is -2.13. The van der Waals surface area contributed by atoms with E-state index in [0.717, 1.165) is 27.1 Å².